The predicted molar refractivity (Wildman–Crippen MR) is 66.8 cm³/mol. The van der Waals surface area contributed by atoms with Crippen LogP contribution in [0.1, 0.15) is 40.5 Å². The fraction of sp³-hybridized carbons (Fsp3) is 0.833. The minimum atomic E-state index is -0.369. The van der Waals surface area contributed by atoms with Gasteiger partial charge in [-0.15, -0.1) is 0 Å². The van der Waals surface area contributed by atoms with E-state index in [4.69, 9.17) is 4.74 Å². The van der Waals surface area contributed by atoms with E-state index >= 15 is 0 Å². The molecule has 0 saturated carbocycles. The second-order valence-corrected chi connectivity index (χ2v) is 4.11. The molecule has 0 saturated heterocycles. The van der Waals surface area contributed by atoms with Crippen molar-refractivity contribution in [1.82, 2.24) is 10.2 Å². The zero-order valence-electron chi connectivity index (χ0n) is 11.3. The van der Waals surface area contributed by atoms with Crippen LogP contribution in [-0.2, 0) is 9.53 Å². The maximum atomic E-state index is 11.8. The summed E-state index contributed by atoms with van der Waals surface area (Å²) in [5.74, 6) is -0.369. The molecule has 100 valence electrons. The first kappa shape index (κ1) is 15.7. The molecule has 5 heteroatoms. The molecule has 0 aliphatic rings. The standard InChI is InChI=1S/C12H24N2O3/c1-5-7-8-13-12(16)14(10(3)4)9-11(15)17-6-2/h10H,5-9H2,1-4H3,(H,13,16). The Morgan fingerprint density at radius 1 is 1.29 bits per heavy atom. The number of amides is 2. The van der Waals surface area contributed by atoms with E-state index in [0.29, 0.717) is 13.2 Å². The highest BCUT2D eigenvalue weighted by molar-refractivity contribution is 5.81. The number of nitrogens with one attached hydrogen (secondary N) is 1. The number of hydrogen-bond acceptors (Lipinski definition) is 3. The Hall–Kier alpha value is -1.26. The van der Waals surface area contributed by atoms with Gasteiger partial charge < -0.3 is 15.0 Å². The third kappa shape index (κ3) is 6.81. The molecular formula is C12H24N2O3. The Kier molecular flexibility index (Phi) is 8.19. The first-order valence-corrected chi connectivity index (χ1v) is 6.23. The van der Waals surface area contributed by atoms with Crippen molar-refractivity contribution in [2.45, 2.75) is 46.6 Å². The fourth-order valence-electron chi connectivity index (χ4n) is 1.31. The third-order valence-corrected chi connectivity index (χ3v) is 2.30. The summed E-state index contributed by atoms with van der Waals surface area (Å²) < 4.78 is 4.84. The SMILES string of the molecule is CCCCNC(=O)N(CC(=O)OCC)C(C)C. The van der Waals surface area contributed by atoms with Gasteiger partial charge in [-0.25, -0.2) is 4.79 Å². The van der Waals surface area contributed by atoms with Crippen LogP contribution in [-0.4, -0.2) is 42.6 Å². The lowest BCUT2D eigenvalue weighted by molar-refractivity contribution is -0.144. The molecule has 0 heterocycles. The average molecular weight is 244 g/mol. The summed E-state index contributed by atoms with van der Waals surface area (Å²) in [6.45, 7) is 8.54. The van der Waals surface area contributed by atoms with Gasteiger partial charge in [0, 0.05) is 12.6 Å². The Balaban J connectivity index is 4.21. The van der Waals surface area contributed by atoms with E-state index in [9.17, 15) is 9.59 Å². The smallest absolute Gasteiger partial charge is 0.325 e. The van der Waals surface area contributed by atoms with Crippen molar-refractivity contribution in [1.29, 1.82) is 0 Å². The maximum Gasteiger partial charge on any atom is 0.325 e. The summed E-state index contributed by atoms with van der Waals surface area (Å²) in [4.78, 5) is 24.6. The molecule has 0 bridgehead atoms. The molecule has 17 heavy (non-hydrogen) atoms. The highest BCUT2D eigenvalue weighted by Crippen LogP contribution is 2.00. The Morgan fingerprint density at radius 2 is 1.94 bits per heavy atom. The molecular weight excluding hydrogens is 220 g/mol. The van der Waals surface area contributed by atoms with E-state index in [0.717, 1.165) is 12.8 Å². The normalized spacial score (nSPS) is 10.2. The third-order valence-electron chi connectivity index (χ3n) is 2.30. The second-order valence-electron chi connectivity index (χ2n) is 4.11. The molecule has 0 unspecified atom stereocenters. The van der Waals surface area contributed by atoms with E-state index in [1.54, 1.807) is 6.92 Å². The van der Waals surface area contributed by atoms with Gasteiger partial charge in [0.05, 0.1) is 6.61 Å². The fourth-order valence-corrected chi connectivity index (χ4v) is 1.31. The molecule has 5 nitrogen and oxygen atoms in total. The number of urea groups is 1. The van der Waals surface area contributed by atoms with E-state index < -0.39 is 0 Å². The van der Waals surface area contributed by atoms with Crippen LogP contribution in [0.5, 0.6) is 0 Å². The number of unbranched alkanes of at least 4 members (excludes halogenated alkanes) is 1. The van der Waals surface area contributed by atoms with Crippen LogP contribution in [0.3, 0.4) is 0 Å². The quantitative estimate of drug-likeness (QED) is 0.548. The van der Waals surface area contributed by atoms with E-state index in [1.165, 1.54) is 4.90 Å². The van der Waals surface area contributed by atoms with Crippen LogP contribution in [0, 0.1) is 0 Å². The highest BCUT2D eigenvalue weighted by atomic mass is 16.5. The molecule has 0 aromatic rings. The van der Waals surface area contributed by atoms with Gasteiger partial charge in [0.25, 0.3) is 0 Å². The number of carbonyl (C=O) groups excluding carboxylic acids is 2. The zero-order chi connectivity index (χ0) is 13.3. The van der Waals surface area contributed by atoms with Gasteiger partial charge in [-0.05, 0) is 27.2 Å². The van der Waals surface area contributed by atoms with Crippen molar-refractivity contribution in [3.63, 3.8) is 0 Å². The minimum Gasteiger partial charge on any atom is -0.465 e. The lowest BCUT2D eigenvalue weighted by Crippen LogP contribution is -2.47. The predicted octanol–water partition coefficient (Wildman–Crippen LogP) is 1.77. The van der Waals surface area contributed by atoms with Crippen LogP contribution in [0.25, 0.3) is 0 Å². The average Bonchev–Trinajstić information content (AvgIpc) is 2.26. The monoisotopic (exact) mass is 244 g/mol. The molecule has 0 aromatic heterocycles. The van der Waals surface area contributed by atoms with E-state index in [2.05, 4.69) is 12.2 Å². The minimum absolute atomic E-state index is 0.00344. The molecule has 1 N–H and O–H groups in total. The number of hydrogen-bond donors (Lipinski definition) is 1. The van der Waals surface area contributed by atoms with Gasteiger partial charge in [-0.2, -0.15) is 0 Å². The van der Waals surface area contributed by atoms with Gasteiger partial charge in [0.1, 0.15) is 6.54 Å². The Morgan fingerprint density at radius 3 is 2.41 bits per heavy atom. The molecule has 0 aliphatic carbocycles. The number of ether oxygens (including phenoxy) is 1. The van der Waals surface area contributed by atoms with Crippen LogP contribution in [0.15, 0.2) is 0 Å². The number of rotatable bonds is 7. The lowest BCUT2D eigenvalue weighted by Gasteiger charge is -2.25. The molecule has 0 aromatic carbocycles. The summed E-state index contributed by atoms with van der Waals surface area (Å²) in [6.07, 6.45) is 1.97. The van der Waals surface area contributed by atoms with Gasteiger partial charge in [0.15, 0.2) is 0 Å². The molecule has 2 amide bonds. The molecule has 0 spiro atoms. The van der Waals surface area contributed by atoms with Gasteiger partial charge in [0.2, 0.25) is 0 Å². The van der Waals surface area contributed by atoms with Crippen LogP contribution in [0.2, 0.25) is 0 Å². The van der Waals surface area contributed by atoms with Gasteiger partial charge in [-0.1, -0.05) is 13.3 Å². The van der Waals surface area contributed by atoms with E-state index in [1.807, 2.05) is 13.8 Å². The lowest BCUT2D eigenvalue weighted by atomic mass is 10.3. The summed E-state index contributed by atoms with van der Waals surface area (Å²) in [5.41, 5.74) is 0. The Labute approximate surface area is 103 Å². The van der Waals surface area contributed by atoms with Crippen molar-refractivity contribution in [3.8, 4) is 0 Å². The molecule has 0 radical (unpaired) electrons. The summed E-state index contributed by atoms with van der Waals surface area (Å²) in [5, 5.41) is 2.79. The summed E-state index contributed by atoms with van der Waals surface area (Å²) in [7, 11) is 0. The van der Waals surface area contributed by atoms with Crippen molar-refractivity contribution in [2.75, 3.05) is 19.7 Å². The zero-order valence-corrected chi connectivity index (χ0v) is 11.3. The van der Waals surface area contributed by atoms with Crippen molar-refractivity contribution in [2.24, 2.45) is 0 Å². The topological polar surface area (TPSA) is 58.6 Å². The first-order valence-electron chi connectivity index (χ1n) is 6.23. The Bertz CT molecular complexity index is 242. The molecule has 0 fully saturated rings. The highest BCUT2D eigenvalue weighted by Gasteiger charge is 2.20. The van der Waals surface area contributed by atoms with Crippen molar-refractivity contribution < 1.29 is 14.3 Å². The van der Waals surface area contributed by atoms with Gasteiger partial charge in [-0.3, -0.25) is 4.79 Å². The number of nitrogens with zero attached hydrogens (tertiary/aromatic N) is 1. The first-order chi connectivity index (χ1) is 8.02. The van der Waals surface area contributed by atoms with Crippen LogP contribution < -0.4 is 5.32 Å². The summed E-state index contributed by atoms with van der Waals surface area (Å²) in [6, 6.07) is -0.234. The van der Waals surface area contributed by atoms with Crippen LogP contribution in [0.4, 0.5) is 4.79 Å². The van der Waals surface area contributed by atoms with Gasteiger partial charge >= 0.3 is 12.0 Å². The summed E-state index contributed by atoms with van der Waals surface area (Å²) >= 11 is 0. The molecule has 0 atom stereocenters. The second kappa shape index (κ2) is 8.84. The largest absolute Gasteiger partial charge is 0.465 e. The van der Waals surface area contributed by atoms with Crippen molar-refractivity contribution in [3.05, 3.63) is 0 Å². The van der Waals surface area contributed by atoms with Crippen LogP contribution >= 0.6 is 0 Å². The maximum absolute atomic E-state index is 11.8. The molecule has 0 rings (SSSR count). The van der Waals surface area contributed by atoms with E-state index in [-0.39, 0.29) is 24.6 Å². The van der Waals surface area contributed by atoms with Crippen molar-refractivity contribution >= 4 is 12.0 Å². The molecule has 0 aliphatic heterocycles. The number of carbonyl (C=O) groups is 2. The number of esters is 1.